The van der Waals surface area contributed by atoms with Gasteiger partial charge in [-0.25, -0.2) is 9.18 Å². The van der Waals surface area contributed by atoms with E-state index in [0.717, 1.165) is 44.8 Å². The van der Waals surface area contributed by atoms with Crippen LogP contribution in [-0.4, -0.2) is 61.3 Å². The zero-order valence-electron chi connectivity index (χ0n) is 12.5. The van der Waals surface area contributed by atoms with Gasteiger partial charge in [0.15, 0.2) is 0 Å². The number of amides is 1. The number of rotatable bonds is 5. The van der Waals surface area contributed by atoms with Crippen molar-refractivity contribution in [1.29, 1.82) is 0 Å². The lowest BCUT2D eigenvalue weighted by molar-refractivity contribution is 0.0949. The number of nitrogens with zero attached hydrogens (tertiary/aromatic N) is 2. The number of likely N-dealkylation sites (tertiary alicyclic amines) is 1. The van der Waals surface area contributed by atoms with Crippen molar-refractivity contribution in [2.24, 2.45) is 0 Å². The standard InChI is InChI=1S/C16H21FN2O3/c17-13-1-3-14(4-2-13)22-15-5-7-18(8-6-15)9-10-19-11-12-21-16(19)20/h1-4,15H,5-12H2. The molecule has 2 fully saturated rings. The van der Waals surface area contributed by atoms with Crippen LogP contribution >= 0.6 is 0 Å². The SMILES string of the molecule is O=C1OCCN1CCN1CCC(Oc2ccc(F)cc2)CC1. The van der Waals surface area contributed by atoms with Gasteiger partial charge in [-0.05, 0) is 37.1 Å². The number of hydrogen-bond donors (Lipinski definition) is 0. The lowest BCUT2D eigenvalue weighted by Gasteiger charge is -2.32. The first-order chi connectivity index (χ1) is 10.7. The van der Waals surface area contributed by atoms with Crippen molar-refractivity contribution in [3.8, 4) is 5.75 Å². The van der Waals surface area contributed by atoms with E-state index in [4.69, 9.17) is 9.47 Å². The third-order valence-electron chi connectivity index (χ3n) is 4.18. The van der Waals surface area contributed by atoms with Crippen molar-refractivity contribution in [3.63, 3.8) is 0 Å². The van der Waals surface area contributed by atoms with Crippen molar-refractivity contribution in [2.75, 3.05) is 39.3 Å². The molecule has 0 N–H and O–H groups in total. The largest absolute Gasteiger partial charge is 0.490 e. The van der Waals surface area contributed by atoms with Crippen LogP contribution in [0, 0.1) is 5.82 Å². The summed E-state index contributed by atoms with van der Waals surface area (Å²) in [6, 6.07) is 6.17. The van der Waals surface area contributed by atoms with Crippen LogP contribution in [0.4, 0.5) is 9.18 Å². The molecule has 0 atom stereocenters. The molecule has 120 valence electrons. The normalized spacial score (nSPS) is 20.2. The van der Waals surface area contributed by atoms with Gasteiger partial charge in [-0.15, -0.1) is 0 Å². The minimum absolute atomic E-state index is 0.179. The lowest BCUT2D eigenvalue weighted by atomic mass is 10.1. The first-order valence-electron chi connectivity index (χ1n) is 7.77. The fourth-order valence-electron chi connectivity index (χ4n) is 2.85. The Labute approximate surface area is 129 Å². The van der Waals surface area contributed by atoms with Crippen molar-refractivity contribution < 1.29 is 18.7 Å². The van der Waals surface area contributed by atoms with E-state index in [9.17, 15) is 9.18 Å². The highest BCUT2D eigenvalue weighted by Gasteiger charge is 2.24. The predicted octanol–water partition coefficient (Wildman–Crippen LogP) is 2.12. The molecule has 1 aromatic carbocycles. The molecule has 0 spiro atoms. The molecule has 0 aromatic heterocycles. The summed E-state index contributed by atoms with van der Waals surface area (Å²) in [6.45, 7) is 4.71. The number of carbonyl (C=O) groups is 1. The molecule has 6 heteroatoms. The van der Waals surface area contributed by atoms with Gasteiger partial charge in [-0.2, -0.15) is 0 Å². The Morgan fingerprint density at radius 3 is 2.50 bits per heavy atom. The highest BCUT2D eigenvalue weighted by atomic mass is 19.1. The van der Waals surface area contributed by atoms with Crippen molar-refractivity contribution in [1.82, 2.24) is 9.80 Å². The fraction of sp³-hybridized carbons (Fsp3) is 0.562. The summed E-state index contributed by atoms with van der Waals surface area (Å²) in [5, 5.41) is 0. The Hall–Kier alpha value is -1.82. The topological polar surface area (TPSA) is 42.0 Å². The number of hydrogen-bond acceptors (Lipinski definition) is 4. The summed E-state index contributed by atoms with van der Waals surface area (Å²) in [6.07, 6.45) is 1.87. The molecule has 0 radical (unpaired) electrons. The minimum Gasteiger partial charge on any atom is -0.490 e. The lowest BCUT2D eigenvalue weighted by Crippen LogP contribution is -2.42. The third-order valence-corrected chi connectivity index (χ3v) is 4.18. The van der Waals surface area contributed by atoms with E-state index in [0.29, 0.717) is 13.2 Å². The van der Waals surface area contributed by atoms with Gasteiger partial charge in [0.1, 0.15) is 24.3 Å². The first kappa shape index (κ1) is 15.1. The van der Waals surface area contributed by atoms with Crippen LogP contribution in [0.25, 0.3) is 0 Å². The van der Waals surface area contributed by atoms with Gasteiger partial charge in [0.2, 0.25) is 0 Å². The summed E-state index contributed by atoms with van der Waals surface area (Å²) in [7, 11) is 0. The van der Waals surface area contributed by atoms with E-state index in [2.05, 4.69) is 4.90 Å². The second-order valence-corrected chi connectivity index (χ2v) is 5.71. The quantitative estimate of drug-likeness (QED) is 0.835. The van der Waals surface area contributed by atoms with Crippen molar-refractivity contribution in [3.05, 3.63) is 30.1 Å². The van der Waals surface area contributed by atoms with Crippen LogP contribution in [0.3, 0.4) is 0 Å². The van der Waals surface area contributed by atoms with Crippen LogP contribution in [0.5, 0.6) is 5.75 Å². The number of ether oxygens (including phenoxy) is 2. The molecule has 2 aliphatic heterocycles. The predicted molar refractivity (Wildman–Crippen MR) is 79.4 cm³/mol. The molecule has 0 unspecified atom stereocenters. The molecule has 2 heterocycles. The van der Waals surface area contributed by atoms with Gasteiger partial charge in [0.25, 0.3) is 0 Å². The maximum Gasteiger partial charge on any atom is 0.409 e. The maximum absolute atomic E-state index is 12.9. The number of piperidine rings is 1. The van der Waals surface area contributed by atoms with Gasteiger partial charge in [0.05, 0.1) is 6.54 Å². The van der Waals surface area contributed by atoms with E-state index >= 15 is 0 Å². The van der Waals surface area contributed by atoms with Crippen LogP contribution in [0.15, 0.2) is 24.3 Å². The zero-order chi connectivity index (χ0) is 15.4. The van der Waals surface area contributed by atoms with Gasteiger partial charge in [-0.1, -0.05) is 0 Å². The average Bonchev–Trinajstić information content (AvgIpc) is 2.94. The average molecular weight is 308 g/mol. The zero-order valence-corrected chi connectivity index (χ0v) is 12.5. The van der Waals surface area contributed by atoms with E-state index in [1.807, 2.05) is 0 Å². The Morgan fingerprint density at radius 1 is 1.14 bits per heavy atom. The third kappa shape index (κ3) is 3.88. The Balaban J connectivity index is 1.38. The van der Waals surface area contributed by atoms with E-state index in [1.165, 1.54) is 12.1 Å². The Morgan fingerprint density at radius 2 is 1.86 bits per heavy atom. The second-order valence-electron chi connectivity index (χ2n) is 5.71. The molecule has 3 rings (SSSR count). The summed E-state index contributed by atoms with van der Waals surface area (Å²) in [5.74, 6) is 0.474. The van der Waals surface area contributed by atoms with Gasteiger partial charge in [-0.3, -0.25) is 0 Å². The Kier molecular flexibility index (Phi) is 4.77. The molecule has 2 saturated heterocycles. The smallest absolute Gasteiger partial charge is 0.409 e. The summed E-state index contributed by atoms with van der Waals surface area (Å²) >= 11 is 0. The van der Waals surface area contributed by atoms with Crippen LogP contribution in [-0.2, 0) is 4.74 Å². The maximum atomic E-state index is 12.9. The summed E-state index contributed by atoms with van der Waals surface area (Å²) < 4.78 is 23.7. The molecule has 22 heavy (non-hydrogen) atoms. The highest BCUT2D eigenvalue weighted by molar-refractivity contribution is 5.69. The fourth-order valence-corrected chi connectivity index (χ4v) is 2.85. The van der Waals surface area contributed by atoms with Gasteiger partial charge in [0, 0.05) is 26.2 Å². The molecular formula is C16H21FN2O3. The summed E-state index contributed by atoms with van der Waals surface area (Å²) in [5.41, 5.74) is 0. The molecule has 1 amide bonds. The second kappa shape index (κ2) is 6.96. The summed E-state index contributed by atoms with van der Waals surface area (Å²) in [4.78, 5) is 15.5. The van der Waals surface area contributed by atoms with E-state index < -0.39 is 0 Å². The number of cyclic esters (lactones) is 1. The van der Waals surface area contributed by atoms with Crippen molar-refractivity contribution in [2.45, 2.75) is 18.9 Å². The molecular weight excluding hydrogens is 287 g/mol. The monoisotopic (exact) mass is 308 g/mol. The van der Waals surface area contributed by atoms with Crippen molar-refractivity contribution >= 4 is 6.09 Å². The number of benzene rings is 1. The molecule has 5 nitrogen and oxygen atoms in total. The molecule has 0 bridgehead atoms. The molecule has 0 saturated carbocycles. The molecule has 2 aliphatic rings. The van der Waals surface area contributed by atoms with Crippen LogP contribution in [0.2, 0.25) is 0 Å². The van der Waals surface area contributed by atoms with E-state index in [1.54, 1.807) is 17.0 Å². The van der Waals surface area contributed by atoms with E-state index in [-0.39, 0.29) is 18.0 Å². The number of carbonyl (C=O) groups excluding carboxylic acids is 1. The molecule has 1 aromatic rings. The highest BCUT2D eigenvalue weighted by Crippen LogP contribution is 2.19. The van der Waals surface area contributed by atoms with Crippen LogP contribution in [0.1, 0.15) is 12.8 Å². The number of halogens is 1. The minimum atomic E-state index is -0.248. The first-order valence-corrected chi connectivity index (χ1v) is 7.77. The van der Waals surface area contributed by atoms with Gasteiger partial charge < -0.3 is 19.3 Å². The Bertz CT molecular complexity index is 501. The molecule has 0 aliphatic carbocycles. The van der Waals surface area contributed by atoms with Gasteiger partial charge >= 0.3 is 6.09 Å². The van der Waals surface area contributed by atoms with Crippen LogP contribution < -0.4 is 4.74 Å².